The normalized spacial score (nSPS) is 12.3. The Morgan fingerprint density at radius 1 is 1.06 bits per heavy atom. The molecule has 2 heterocycles. The van der Waals surface area contributed by atoms with Crippen molar-refractivity contribution in [3.05, 3.63) is 70.1 Å². The molecular weight excluding hydrogens is 414 g/mol. The van der Waals surface area contributed by atoms with Gasteiger partial charge in [-0.25, -0.2) is 4.52 Å². The SMILES string of the molecule is CC[C@@H](C(=O)Nc1ccc(N(CC)CC)cc1C)n1c2ccccc2c2nc(=O)cc(C)n21. The van der Waals surface area contributed by atoms with E-state index in [2.05, 4.69) is 41.2 Å². The van der Waals surface area contributed by atoms with Crippen LogP contribution in [0.4, 0.5) is 11.4 Å². The number of anilines is 2. The van der Waals surface area contributed by atoms with Crippen molar-refractivity contribution in [2.75, 3.05) is 23.3 Å². The van der Waals surface area contributed by atoms with Crippen molar-refractivity contribution in [3.8, 4) is 0 Å². The zero-order chi connectivity index (χ0) is 23.7. The van der Waals surface area contributed by atoms with Crippen molar-refractivity contribution in [2.24, 2.45) is 0 Å². The summed E-state index contributed by atoms with van der Waals surface area (Å²) in [4.78, 5) is 32.2. The number of hydrogen-bond acceptors (Lipinski definition) is 4. The highest BCUT2D eigenvalue weighted by Crippen LogP contribution is 2.28. The lowest BCUT2D eigenvalue weighted by Gasteiger charge is -2.23. The van der Waals surface area contributed by atoms with E-state index in [0.717, 1.165) is 46.6 Å². The number of fused-ring (bicyclic) bond motifs is 3. The summed E-state index contributed by atoms with van der Waals surface area (Å²) in [6.45, 7) is 12.0. The molecule has 0 aliphatic heterocycles. The first-order valence-corrected chi connectivity index (χ1v) is 11.6. The molecule has 0 aliphatic rings. The zero-order valence-electron chi connectivity index (χ0n) is 19.9. The van der Waals surface area contributed by atoms with Gasteiger partial charge in [0.05, 0.1) is 5.52 Å². The fourth-order valence-corrected chi connectivity index (χ4v) is 4.57. The number of nitrogens with one attached hydrogen (secondary N) is 1. The highest BCUT2D eigenvalue weighted by atomic mass is 16.2. The van der Waals surface area contributed by atoms with Crippen molar-refractivity contribution >= 4 is 33.8 Å². The predicted octanol–water partition coefficient (Wildman–Crippen LogP) is 4.70. The molecule has 33 heavy (non-hydrogen) atoms. The second-order valence-electron chi connectivity index (χ2n) is 8.32. The van der Waals surface area contributed by atoms with E-state index in [1.54, 1.807) is 0 Å². The molecule has 0 unspecified atom stereocenters. The highest BCUT2D eigenvalue weighted by Gasteiger charge is 2.25. The average Bonchev–Trinajstić information content (AvgIpc) is 3.11. The Hall–Kier alpha value is -3.61. The number of amides is 1. The lowest BCUT2D eigenvalue weighted by atomic mass is 10.1. The summed E-state index contributed by atoms with van der Waals surface area (Å²) in [5, 5.41) is 3.99. The number of aryl methyl sites for hydroxylation is 2. The van der Waals surface area contributed by atoms with Crippen LogP contribution in [0.15, 0.2) is 53.3 Å². The molecule has 7 heteroatoms. The van der Waals surface area contributed by atoms with E-state index in [9.17, 15) is 9.59 Å². The van der Waals surface area contributed by atoms with Crippen LogP contribution in [0.25, 0.3) is 16.6 Å². The molecule has 2 aromatic carbocycles. The number of para-hydroxylation sites is 1. The molecule has 4 aromatic rings. The Morgan fingerprint density at radius 2 is 1.79 bits per heavy atom. The third kappa shape index (κ3) is 3.99. The van der Waals surface area contributed by atoms with Gasteiger partial charge in [-0.15, -0.1) is 0 Å². The minimum atomic E-state index is -0.475. The van der Waals surface area contributed by atoms with Crippen molar-refractivity contribution in [1.29, 1.82) is 0 Å². The van der Waals surface area contributed by atoms with E-state index in [1.165, 1.54) is 6.07 Å². The smallest absolute Gasteiger partial charge is 0.273 e. The topological polar surface area (TPSA) is 71.6 Å². The van der Waals surface area contributed by atoms with Gasteiger partial charge in [0.2, 0.25) is 5.91 Å². The molecule has 4 rings (SSSR count). The minimum absolute atomic E-state index is 0.100. The van der Waals surface area contributed by atoms with Gasteiger partial charge in [-0.1, -0.05) is 19.1 Å². The summed E-state index contributed by atoms with van der Waals surface area (Å²) in [5.41, 5.74) is 4.87. The number of aromatic nitrogens is 3. The molecule has 0 saturated carbocycles. The lowest BCUT2D eigenvalue weighted by Crippen LogP contribution is -2.29. The molecule has 172 valence electrons. The summed E-state index contributed by atoms with van der Waals surface area (Å²) in [6, 6.07) is 14.9. The van der Waals surface area contributed by atoms with Gasteiger partial charge < -0.3 is 10.2 Å². The zero-order valence-corrected chi connectivity index (χ0v) is 19.9. The number of carbonyl (C=O) groups excluding carboxylic acids is 1. The monoisotopic (exact) mass is 445 g/mol. The first-order chi connectivity index (χ1) is 15.9. The maximum atomic E-state index is 13.6. The van der Waals surface area contributed by atoms with Crippen LogP contribution in [0.3, 0.4) is 0 Å². The molecule has 0 bridgehead atoms. The number of nitrogens with zero attached hydrogens (tertiary/aromatic N) is 4. The predicted molar refractivity (Wildman–Crippen MR) is 134 cm³/mol. The fraction of sp³-hybridized carbons (Fsp3) is 0.346. The summed E-state index contributed by atoms with van der Waals surface area (Å²) < 4.78 is 3.84. The summed E-state index contributed by atoms with van der Waals surface area (Å²) in [6.07, 6.45) is 0.585. The minimum Gasteiger partial charge on any atom is -0.372 e. The van der Waals surface area contributed by atoms with E-state index in [-0.39, 0.29) is 11.5 Å². The Morgan fingerprint density at radius 3 is 2.45 bits per heavy atom. The molecule has 0 fully saturated rings. The van der Waals surface area contributed by atoms with E-state index in [1.807, 2.05) is 60.3 Å². The molecule has 0 saturated heterocycles. The second-order valence-corrected chi connectivity index (χ2v) is 8.32. The Bertz CT molecular complexity index is 1380. The summed E-state index contributed by atoms with van der Waals surface area (Å²) in [5.74, 6) is -0.100. The van der Waals surface area contributed by atoms with Crippen LogP contribution in [-0.2, 0) is 4.79 Å². The molecule has 0 aliphatic carbocycles. The molecule has 1 atom stereocenters. The molecule has 2 aromatic heterocycles. The van der Waals surface area contributed by atoms with Crippen LogP contribution >= 0.6 is 0 Å². The van der Waals surface area contributed by atoms with Crippen molar-refractivity contribution in [2.45, 2.75) is 47.1 Å². The van der Waals surface area contributed by atoms with Crippen molar-refractivity contribution < 1.29 is 4.79 Å². The number of carbonyl (C=O) groups is 1. The maximum absolute atomic E-state index is 13.6. The lowest BCUT2D eigenvalue weighted by molar-refractivity contribution is -0.119. The summed E-state index contributed by atoms with van der Waals surface area (Å²) in [7, 11) is 0. The van der Waals surface area contributed by atoms with Gasteiger partial charge in [0, 0.05) is 41.6 Å². The van der Waals surface area contributed by atoms with Crippen LogP contribution in [0.1, 0.15) is 44.5 Å². The number of benzene rings is 2. The molecule has 0 spiro atoms. The van der Waals surface area contributed by atoms with Gasteiger partial charge in [-0.2, -0.15) is 4.98 Å². The fourth-order valence-electron chi connectivity index (χ4n) is 4.57. The molecule has 0 radical (unpaired) electrons. The second kappa shape index (κ2) is 9.10. The molecular formula is C26H31N5O2. The van der Waals surface area contributed by atoms with Gasteiger partial charge in [0.25, 0.3) is 5.56 Å². The molecule has 7 nitrogen and oxygen atoms in total. The van der Waals surface area contributed by atoms with E-state index in [4.69, 9.17) is 0 Å². The number of rotatable bonds is 7. The van der Waals surface area contributed by atoms with Gasteiger partial charge in [0.1, 0.15) is 6.04 Å². The van der Waals surface area contributed by atoms with Crippen LogP contribution in [0.5, 0.6) is 0 Å². The summed E-state index contributed by atoms with van der Waals surface area (Å²) >= 11 is 0. The maximum Gasteiger partial charge on any atom is 0.273 e. The average molecular weight is 446 g/mol. The van der Waals surface area contributed by atoms with Crippen LogP contribution in [-0.4, -0.2) is 33.2 Å². The largest absolute Gasteiger partial charge is 0.372 e. The van der Waals surface area contributed by atoms with Gasteiger partial charge in [-0.3, -0.25) is 14.3 Å². The van der Waals surface area contributed by atoms with Gasteiger partial charge in [-0.05, 0) is 70.0 Å². The van der Waals surface area contributed by atoms with E-state index < -0.39 is 6.04 Å². The van der Waals surface area contributed by atoms with Gasteiger partial charge >= 0.3 is 0 Å². The highest BCUT2D eigenvalue weighted by molar-refractivity contribution is 5.98. The van der Waals surface area contributed by atoms with Crippen LogP contribution in [0, 0.1) is 13.8 Å². The Balaban J connectivity index is 1.77. The van der Waals surface area contributed by atoms with Gasteiger partial charge in [0.15, 0.2) is 5.65 Å². The third-order valence-electron chi connectivity index (χ3n) is 6.27. The quantitative estimate of drug-likeness (QED) is 0.448. The molecule has 1 amide bonds. The third-order valence-corrected chi connectivity index (χ3v) is 6.27. The standard InChI is InChI=1S/C26H31N5O2/c1-6-22(26(33)27-21-14-13-19(15-17(21)4)29(7-2)8-3)31-23-12-10-9-11-20(23)25-28-24(32)16-18(5)30(25)31/h9-16,22H,6-8H2,1-5H3,(H,27,33)/t22-/m0/s1. The molecule has 1 N–H and O–H groups in total. The van der Waals surface area contributed by atoms with Crippen LogP contribution < -0.4 is 15.8 Å². The first-order valence-electron chi connectivity index (χ1n) is 11.6. The van der Waals surface area contributed by atoms with Crippen molar-refractivity contribution in [1.82, 2.24) is 14.2 Å². The van der Waals surface area contributed by atoms with E-state index >= 15 is 0 Å². The van der Waals surface area contributed by atoms with Crippen molar-refractivity contribution in [3.63, 3.8) is 0 Å². The Labute approximate surface area is 193 Å². The van der Waals surface area contributed by atoms with Crippen LogP contribution in [0.2, 0.25) is 0 Å². The number of hydrogen-bond donors (Lipinski definition) is 1. The Kier molecular flexibility index (Phi) is 6.22. The van der Waals surface area contributed by atoms with E-state index in [0.29, 0.717) is 12.1 Å². The first kappa shape index (κ1) is 22.6.